The fourth-order valence-electron chi connectivity index (χ4n) is 1.31. The second-order valence-electron chi connectivity index (χ2n) is 4.00. The summed E-state index contributed by atoms with van der Waals surface area (Å²) in [4.78, 5) is 21.8. The van der Waals surface area contributed by atoms with Crippen LogP contribution in [0.25, 0.3) is 0 Å². The maximum absolute atomic E-state index is 12.1. The Labute approximate surface area is 120 Å². The molecule has 1 rings (SSSR count). The molecule has 0 aromatic heterocycles. The summed E-state index contributed by atoms with van der Waals surface area (Å²) in [6, 6.07) is 4.61. The number of ether oxygens (including phenoxy) is 1. The molecule has 2 unspecified atom stereocenters. The van der Waals surface area contributed by atoms with E-state index in [4.69, 9.17) is 9.26 Å². The van der Waals surface area contributed by atoms with E-state index < -0.39 is 19.2 Å². The highest BCUT2D eigenvalue weighted by Gasteiger charge is 2.34. The summed E-state index contributed by atoms with van der Waals surface area (Å²) in [5.41, 5.74) is -0.882. The Kier molecular flexibility index (Phi) is 5.74. The minimum absolute atomic E-state index is 0.0634. The zero-order valence-electron chi connectivity index (χ0n) is 10.9. The third-order valence-corrected chi connectivity index (χ3v) is 4.65. The van der Waals surface area contributed by atoms with E-state index in [9.17, 15) is 14.3 Å². The Morgan fingerprint density at radius 3 is 2.68 bits per heavy atom. The van der Waals surface area contributed by atoms with Crippen LogP contribution in [0.5, 0.6) is 5.75 Å². The molecule has 0 spiro atoms. The number of methoxy groups -OCH3 is 1. The van der Waals surface area contributed by atoms with E-state index in [2.05, 4.69) is 15.9 Å². The van der Waals surface area contributed by atoms with Crippen LogP contribution in [-0.2, 0) is 9.09 Å². The number of hydrogen-bond acceptors (Lipinski definition) is 4. The van der Waals surface area contributed by atoms with Crippen molar-refractivity contribution in [2.24, 2.45) is 0 Å². The van der Waals surface area contributed by atoms with Crippen molar-refractivity contribution in [2.75, 3.05) is 7.11 Å². The zero-order chi connectivity index (χ0) is 14.6. The van der Waals surface area contributed by atoms with Gasteiger partial charge < -0.3 is 14.2 Å². The lowest BCUT2D eigenvalue weighted by Gasteiger charge is -2.16. The minimum Gasteiger partial charge on any atom is -0.497 e. The Hall–Kier alpha value is -0.680. The first-order valence-corrected chi connectivity index (χ1v) is 8.08. The average molecular weight is 351 g/mol. The fraction of sp³-hybridized carbons (Fsp3) is 0.417. The molecule has 7 heteroatoms. The number of rotatable bonds is 6. The quantitative estimate of drug-likeness (QED) is 0.793. The van der Waals surface area contributed by atoms with Gasteiger partial charge in [0.2, 0.25) is 0 Å². The van der Waals surface area contributed by atoms with Crippen LogP contribution in [0.2, 0.25) is 0 Å². The highest BCUT2D eigenvalue weighted by Crippen LogP contribution is 2.48. The van der Waals surface area contributed by atoms with E-state index in [1.807, 2.05) is 0 Å². The predicted octanol–water partition coefficient (Wildman–Crippen LogP) is 3.60. The van der Waals surface area contributed by atoms with Gasteiger partial charge in [0, 0.05) is 10.0 Å². The first-order valence-electron chi connectivity index (χ1n) is 5.71. The lowest BCUT2D eigenvalue weighted by molar-refractivity contribution is 0.0990. The molecule has 1 N–H and O–H groups in total. The van der Waals surface area contributed by atoms with Gasteiger partial charge in [-0.3, -0.25) is 9.36 Å². The molecule has 106 valence electrons. The third kappa shape index (κ3) is 4.14. The summed E-state index contributed by atoms with van der Waals surface area (Å²) >= 11 is 3.17. The van der Waals surface area contributed by atoms with Crippen molar-refractivity contribution < 1.29 is 23.5 Å². The predicted molar refractivity (Wildman–Crippen MR) is 75.7 cm³/mol. The van der Waals surface area contributed by atoms with Gasteiger partial charge in [0.15, 0.2) is 0 Å². The van der Waals surface area contributed by atoms with E-state index in [1.54, 1.807) is 26.0 Å². The topological polar surface area (TPSA) is 72.8 Å². The van der Waals surface area contributed by atoms with Crippen LogP contribution in [0, 0.1) is 0 Å². The molecule has 0 heterocycles. The van der Waals surface area contributed by atoms with Gasteiger partial charge in [-0.25, -0.2) is 0 Å². The normalized spacial score (nSPS) is 15.6. The second-order valence-corrected chi connectivity index (χ2v) is 6.51. The largest absolute Gasteiger partial charge is 0.497 e. The van der Waals surface area contributed by atoms with Crippen LogP contribution in [0.4, 0.5) is 0 Å². The lowest BCUT2D eigenvalue weighted by atomic mass is 10.2. The van der Waals surface area contributed by atoms with Gasteiger partial charge in [-0.1, -0.05) is 22.9 Å². The molecular weight excluding hydrogens is 335 g/mol. The minimum atomic E-state index is -4.36. The van der Waals surface area contributed by atoms with Crippen molar-refractivity contribution in [3.05, 3.63) is 28.2 Å². The van der Waals surface area contributed by atoms with Gasteiger partial charge in [-0.05, 0) is 31.5 Å². The van der Waals surface area contributed by atoms with Gasteiger partial charge in [-0.15, -0.1) is 0 Å². The molecule has 0 fully saturated rings. The summed E-state index contributed by atoms with van der Waals surface area (Å²) < 4.78 is 22.3. The van der Waals surface area contributed by atoms with Crippen LogP contribution in [0.15, 0.2) is 22.7 Å². The maximum Gasteiger partial charge on any atom is 0.399 e. The van der Waals surface area contributed by atoms with Crippen molar-refractivity contribution in [1.29, 1.82) is 0 Å². The van der Waals surface area contributed by atoms with Gasteiger partial charge in [0.1, 0.15) is 5.75 Å². The molecule has 0 aliphatic rings. The van der Waals surface area contributed by atoms with E-state index in [-0.39, 0.29) is 5.56 Å². The Bertz CT molecular complexity index is 517. The molecule has 0 bridgehead atoms. The van der Waals surface area contributed by atoms with Crippen molar-refractivity contribution in [3.63, 3.8) is 0 Å². The molecule has 5 nitrogen and oxygen atoms in total. The molecule has 19 heavy (non-hydrogen) atoms. The van der Waals surface area contributed by atoms with Crippen LogP contribution < -0.4 is 4.74 Å². The van der Waals surface area contributed by atoms with Crippen molar-refractivity contribution in [3.8, 4) is 5.75 Å². The maximum atomic E-state index is 12.1. The highest BCUT2D eigenvalue weighted by atomic mass is 79.9. The summed E-state index contributed by atoms with van der Waals surface area (Å²) in [7, 11) is -2.91. The van der Waals surface area contributed by atoms with Gasteiger partial charge >= 0.3 is 7.60 Å². The molecule has 0 saturated heterocycles. The molecule has 1 aromatic carbocycles. The molecular formula is C12H16BrO5P. The molecule has 0 aliphatic carbocycles. The molecule has 0 saturated carbocycles. The van der Waals surface area contributed by atoms with E-state index in [0.29, 0.717) is 16.6 Å². The monoisotopic (exact) mass is 350 g/mol. The summed E-state index contributed by atoms with van der Waals surface area (Å²) in [6.45, 7) is 3.44. The van der Waals surface area contributed by atoms with Crippen LogP contribution >= 0.6 is 23.5 Å². The Balaban J connectivity index is 3.08. The third-order valence-electron chi connectivity index (χ3n) is 2.56. The SMILES string of the molecule is CCC(C)OP(=O)(O)C(=O)c1cc(OC)ccc1Br. The van der Waals surface area contributed by atoms with E-state index >= 15 is 0 Å². The number of hydrogen-bond donors (Lipinski definition) is 1. The van der Waals surface area contributed by atoms with Gasteiger partial charge in [0.05, 0.1) is 13.2 Å². The molecule has 0 amide bonds. The van der Waals surface area contributed by atoms with Crippen molar-refractivity contribution in [1.82, 2.24) is 0 Å². The number of carbonyl (C=O) groups excluding carboxylic acids is 1. The standard InChI is InChI=1S/C12H16BrO5P/c1-4-8(2)18-19(15,16)12(14)10-7-9(17-3)5-6-11(10)13/h5-8H,4H2,1-3H3,(H,15,16). The Morgan fingerprint density at radius 2 is 2.16 bits per heavy atom. The summed E-state index contributed by atoms with van der Waals surface area (Å²) in [5.74, 6) is 0.426. The number of benzene rings is 1. The second kappa shape index (κ2) is 6.66. The van der Waals surface area contributed by atoms with Gasteiger partial charge in [-0.2, -0.15) is 0 Å². The number of carbonyl (C=O) groups is 1. The van der Waals surface area contributed by atoms with Crippen molar-refractivity contribution >= 4 is 29.1 Å². The van der Waals surface area contributed by atoms with Crippen LogP contribution in [0.1, 0.15) is 30.6 Å². The van der Waals surface area contributed by atoms with Crippen LogP contribution in [0.3, 0.4) is 0 Å². The first-order chi connectivity index (χ1) is 8.81. The fourth-order valence-corrected chi connectivity index (χ4v) is 3.12. The Morgan fingerprint density at radius 1 is 1.53 bits per heavy atom. The first kappa shape index (κ1) is 16.4. The lowest BCUT2D eigenvalue weighted by Crippen LogP contribution is -2.11. The highest BCUT2D eigenvalue weighted by molar-refractivity contribution is 9.10. The molecule has 2 atom stereocenters. The van der Waals surface area contributed by atoms with E-state index in [0.717, 1.165) is 0 Å². The van der Waals surface area contributed by atoms with E-state index in [1.165, 1.54) is 13.2 Å². The van der Waals surface area contributed by atoms with Gasteiger partial charge in [0.25, 0.3) is 5.52 Å². The van der Waals surface area contributed by atoms with Crippen molar-refractivity contribution in [2.45, 2.75) is 26.4 Å². The molecule has 1 aromatic rings. The zero-order valence-corrected chi connectivity index (χ0v) is 13.4. The smallest absolute Gasteiger partial charge is 0.399 e. The summed E-state index contributed by atoms with van der Waals surface area (Å²) in [6.07, 6.45) is 0.0704. The van der Waals surface area contributed by atoms with Crippen LogP contribution in [-0.4, -0.2) is 23.6 Å². The summed E-state index contributed by atoms with van der Waals surface area (Å²) in [5, 5.41) is 0. The molecule has 0 aliphatic heterocycles. The average Bonchev–Trinajstić information content (AvgIpc) is 2.37. The number of halogens is 1. The molecule has 0 radical (unpaired) electrons.